The van der Waals surface area contributed by atoms with Gasteiger partial charge in [0.1, 0.15) is 0 Å². The third-order valence-electron chi connectivity index (χ3n) is 6.70. The molecule has 10 heteroatoms. The number of amides is 2. The second kappa shape index (κ2) is 13.0. The Labute approximate surface area is 237 Å². The smallest absolute Gasteiger partial charge is 0.320 e. The number of halogens is 2. The van der Waals surface area contributed by atoms with E-state index in [4.69, 9.17) is 33.7 Å². The Morgan fingerprint density at radius 1 is 1.03 bits per heavy atom. The van der Waals surface area contributed by atoms with Gasteiger partial charge in [-0.1, -0.05) is 59.6 Å². The lowest BCUT2D eigenvalue weighted by atomic mass is 9.87. The first kappa shape index (κ1) is 28.4. The Kier molecular flexibility index (Phi) is 9.45. The van der Waals surface area contributed by atoms with Crippen LogP contribution < -0.4 is 21.7 Å². The lowest BCUT2D eigenvalue weighted by Gasteiger charge is -2.26. The zero-order valence-corrected chi connectivity index (χ0v) is 22.9. The minimum absolute atomic E-state index is 0.00697. The maximum Gasteiger partial charge on any atom is 0.320 e. The first-order valence-electron chi connectivity index (χ1n) is 12.6. The van der Waals surface area contributed by atoms with Crippen LogP contribution in [0.1, 0.15) is 30.0 Å². The van der Waals surface area contributed by atoms with Crippen molar-refractivity contribution < 1.29 is 19.1 Å². The SMILES string of the molecule is COC(=O)[C@@H](CNC(=O)CNC1CCCc2ccc(N)cc21)C(=O)Nc1c(Cl)cc(-c2ccccc2)cc1Cl. The lowest BCUT2D eigenvalue weighted by molar-refractivity contribution is -0.148. The van der Waals surface area contributed by atoms with Gasteiger partial charge in [-0.15, -0.1) is 0 Å². The zero-order chi connectivity index (χ0) is 27.9. The van der Waals surface area contributed by atoms with Crippen molar-refractivity contribution in [1.82, 2.24) is 10.6 Å². The number of nitrogen functional groups attached to an aromatic ring is 1. The van der Waals surface area contributed by atoms with Crippen LogP contribution in [0.25, 0.3) is 11.1 Å². The molecule has 39 heavy (non-hydrogen) atoms. The highest BCUT2D eigenvalue weighted by atomic mass is 35.5. The summed E-state index contributed by atoms with van der Waals surface area (Å²) in [6.45, 7) is -0.252. The molecule has 0 aromatic heterocycles. The van der Waals surface area contributed by atoms with Gasteiger partial charge in [-0.25, -0.2) is 0 Å². The summed E-state index contributed by atoms with van der Waals surface area (Å²) >= 11 is 12.9. The number of rotatable bonds is 9. The topological polar surface area (TPSA) is 123 Å². The molecular weight excluding hydrogens is 539 g/mol. The van der Waals surface area contributed by atoms with Gasteiger partial charge in [0.15, 0.2) is 5.92 Å². The van der Waals surface area contributed by atoms with Crippen LogP contribution in [0.3, 0.4) is 0 Å². The van der Waals surface area contributed by atoms with Crippen molar-refractivity contribution in [3.63, 3.8) is 0 Å². The Balaban J connectivity index is 1.38. The summed E-state index contributed by atoms with van der Waals surface area (Å²) in [5.41, 5.74) is 10.8. The van der Waals surface area contributed by atoms with E-state index < -0.39 is 17.8 Å². The van der Waals surface area contributed by atoms with Crippen molar-refractivity contribution >= 4 is 52.4 Å². The molecule has 204 valence electrons. The fourth-order valence-electron chi connectivity index (χ4n) is 4.65. The maximum atomic E-state index is 13.1. The monoisotopic (exact) mass is 568 g/mol. The number of nitrogens with two attached hydrogens (primary N) is 1. The van der Waals surface area contributed by atoms with E-state index in [2.05, 4.69) is 16.0 Å². The molecule has 3 aromatic rings. The second-order valence-electron chi connectivity index (χ2n) is 9.33. The molecule has 0 bridgehead atoms. The quantitative estimate of drug-likeness (QED) is 0.168. The van der Waals surface area contributed by atoms with E-state index >= 15 is 0 Å². The average Bonchev–Trinajstić information content (AvgIpc) is 2.94. The molecule has 8 nitrogen and oxygen atoms in total. The molecule has 0 spiro atoms. The summed E-state index contributed by atoms with van der Waals surface area (Å²) in [6.07, 6.45) is 2.85. The molecule has 2 amide bonds. The average molecular weight is 569 g/mol. The van der Waals surface area contributed by atoms with Gasteiger partial charge in [0.05, 0.1) is 29.4 Å². The first-order valence-corrected chi connectivity index (χ1v) is 13.3. The molecule has 1 aliphatic carbocycles. The molecule has 0 saturated heterocycles. The van der Waals surface area contributed by atoms with Crippen LogP contribution in [0.4, 0.5) is 11.4 Å². The number of esters is 1. The highest BCUT2D eigenvalue weighted by molar-refractivity contribution is 6.40. The summed E-state index contributed by atoms with van der Waals surface area (Å²) in [6, 6.07) is 18.7. The van der Waals surface area contributed by atoms with Crippen molar-refractivity contribution in [3.8, 4) is 11.1 Å². The molecule has 5 N–H and O–H groups in total. The van der Waals surface area contributed by atoms with E-state index in [0.717, 1.165) is 36.0 Å². The van der Waals surface area contributed by atoms with Gasteiger partial charge in [0, 0.05) is 18.3 Å². The van der Waals surface area contributed by atoms with E-state index in [0.29, 0.717) is 5.69 Å². The van der Waals surface area contributed by atoms with Gasteiger partial charge in [-0.2, -0.15) is 0 Å². The number of hydrogen-bond donors (Lipinski definition) is 4. The van der Waals surface area contributed by atoms with Gasteiger partial charge in [-0.05, 0) is 65.8 Å². The summed E-state index contributed by atoms with van der Waals surface area (Å²) < 4.78 is 4.80. The van der Waals surface area contributed by atoms with Crippen LogP contribution in [-0.2, 0) is 25.5 Å². The first-order chi connectivity index (χ1) is 18.8. The molecule has 0 saturated carbocycles. The number of benzene rings is 3. The van der Waals surface area contributed by atoms with Gasteiger partial charge in [0.25, 0.3) is 0 Å². The Morgan fingerprint density at radius 2 is 1.74 bits per heavy atom. The Morgan fingerprint density at radius 3 is 2.44 bits per heavy atom. The van der Waals surface area contributed by atoms with Gasteiger partial charge in [-0.3, -0.25) is 14.4 Å². The minimum Gasteiger partial charge on any atom is -0.468 e. The lowest BCUT2D eigenvalue weighted by Crippen LogP contribution is -2.43. The number of ether oxygens (including phenoxy) is 1. The summed E-state index contributed by atoms with van der Waals surface area (Å²) in [5.74, 6) is -3.18. The van der Waals surface area contributed by atoms with Crippen LogP contribution in [-0.4, -0.2) is 38.0 Å². The molecule has 0 fully saturated rings. The Hall–Kier alpha value is -3.59. The molecule has 4 rings (SSSR count). The summed E-state index contributed by atoms with van der Waals surface area (Å²) in [7, 11) is 1.17. The number of aryl methyl sites for hydroxylation is 1. The number of carbonyl (C=O) groups excluding carboxylic acids is 3. The summed E-state index contributed by atoms with van der Waals surface area (Å²) in [4.78, 5) is 38.1. The maximum absolute atomic E-state index is 13.1. The second-order valence-corrected chi connectivity index (χ2v) is 10.1. The largest absolute Gasteiger partial charge is 0.468 e. The molecule has 0 radical (unpaired) electrons. The summed E-state index contributed by atoms with van der Waals surface area (Å²) in [5, 5.41) is 8.93. The normalized spacial score (nSPS) is 15.1. The zero-order valence-electron chi connectivity index (χ0n) is 21.4. The van der Waals surface area contributed by atoms with Crippen molar-refractivity contribution in [2.75, 3.05) is 31.2 Å². The molecular formula is C29H30Cl2N4O4. The number of anilines is 2. The predicted octanol–water partition coefficient (Wildman–Crippen LogP) is 4.75. The highest BCUT2D eigenvalue weighted by Gasteiger charge is 2.30. The van der Waals surface area contributed by atoms with Crippen LogP contribution in [0.15, 0.2) is 60.7 Å². The van der Waals surface area contributed by atoms with Crippen LogP contribution in [0.5, 0.6) is 0 Å². The van der Waals surface area contributed by atoms with Crippen LogP contribution >= 0.6 is 23.2 Å². The fourth-order valence-corrected chi connectivity index (χ4v) is 5.23. The van der Waals surface area contributed by atoms with E-state index in [-0.39, 0.29) is 40.8 Å². The molecule has 1 aliphatic rings. The number of fused-ring (bicyclic) bond motifs is 1. The van der Waals surface area contributed by atoms with Gasteiger partial charge in [0.2, 0.25) is 11.8 Å². The number of nitrogens with one attached hydrogen (secondary N) is 3. The van der Waals surface area contributed by atoms with Crippen molar-refractivity contribution in [2.45, 2.75) is 25.3 Å². The van der Waals surface area contributed by atoms with E-state index in [1.807, 2.05) is 48.5 Å². The minimum atomic E-state index is -1.31. The third-order valence-corrected chi connectivity index (χ3v) is 7.29. The molecule has 3 aromatic carbocycles. The van der Waals surface area contributed by atoms with Crippen LogP contribution in [0.2, 0.25) is 10.0 Å². The molecule has 0 heterocycles. The van der Waals surface area contributed by atoms with Crippen molar-refractivity contribution in [3.05, 3.63) is 81.8 Å². The standard InChI is InChI=1S/C29H30Cl2N4O4/c1-39-29(38)22(15-34-26(36)16-33-25-9-5-8-18-10-11-20(32)14-21(18)25)28(37)35-27-23(30)12-19(13-24(27)31)17-6-3-2-4-7-17/h2-4,6-7,10-14,22,25,33H,5,8-9,15-16,32H2,1H3,(H,34,36)(H,35,37)/t22-,25?/m0/s1. The number of carbonyl (C=O) groups is 3. The fraction of sp³-hybridized carbons (Fsp3) is 0.276. The van der Waals surface area contributed by atoms with Crippen molar-refractivity contribution in [2.24, 2.45) is 5.92 Å². The van der Waals surface area contributed by atoms with Crippen LogP contribution in [0, 0.1) is 5.92 Å². The molecule has 1 unspecified atom stereocenters. The Bertz CT molecular complexity index is 1340. The highest BCUT2D eigenvalue weighted by Crippen LogP contribution is 2.36. The van der Waals surface area contributed by atoms with Gasteiger partial charge < -0.3 is 26.4 Å². The third kappa shape index (κ3) is 7.09. The molecule has 0 aliphatic heterocycles. The predicted molar refractivity (Wildman–Crippen MR) is 154 cm³/mol. The number of methoxy groups -OCH3 is 1. The van der Waals surface area contributed by atoms with Gasteiger partial charge >= 0.3 is 5.97 Å². The van der Waals surface area contributed by atoms with E-state index in [9.17, 15) is 14.4 Å². The number of hydrogen-bond acceptors (Lipinski definition) is 6. The van der Waals surface area contributed by atoms with E-state index in [1.165, 1.54) is 12.7 Å². The van der Waals surface area contributed by atoms with E-state index in [1.54, 1.807) is 12.1 Å². The molecule has 2 atom stereocenters. The van der Waals surface area contributed by atoms with Crippen molar-refractivity contribution in [1.29, 1.82) is 0 Å².